The second kappa shape index (κ2) is 15.5. The monoisotopic (exact) mass is 526 g/mol. The van der Waals surface area contributed by atoms with Gasteiger partial charge < -0.3 is 10.2 Å². The van der Waals surface area contributed by atoms with E-state index in [9.17, 15) is 0 Å². The van der Waals surface area contributed by atoms with Gasteiger partial charge in [-0.05, 0) is 12.8 Å². The first-order valence-corrected chi connectivity index (χ1v) is 12.7. The van der Waals surface area contributed by atoms with E-state index in [0.717, 1.165) is 26.7 Å². The SMILES string of the molecule is CC(=O)O.CC(=O)O.C[CH]=[Ti+2].[c-]1cccc2c1Cc1ccccc1-2.[c-]1cccc2c1Cc1ccccc1-2. The Morgan fingerprint density at radius 1 is 0.676 bits per heavy atom. The molecule has 0 radical (unpaired) electrons. The maximum Gasteiger partial charge on any atom is -0.0253 e. The van der Waals surface area contributed by atoms with Crippen molar-refractivity contribution in [3.8, 4) is 22.3 Å². The molecule has 6 rings (SSSR count). The molecule has 0 fully saturated rings. The van der Waals surface area contributed by atoms with E-state index >= 15 is 0 Å². The Morgan fingerprint density at radius 2 is 0.973 bits per heavy atom. The molecule has 0 saturated carbocycles. The smallest absolute Gasteiger partial charge is 0.0253 e. The molecule has 0 aromatic heterocycles. The Hall–Kier alpha value is -3.60. The molecule has 0 atom stereocenters. The molecular weight excluding hydrogens is 496 g/mol. The molecule has 4 nitrogen and oxygen atoms in total. The fourth-order valence-corrected chi connectivity index (χ4v) is 4.00. The second-order valence-electron chi connectivity index (χ2n) is 8.12. The van der Waals surface area contributed by atoms with Gasteiger partial charge in [0.15, 0.2) is 0 Å². The van der Waals surface area contributed by atoms with Crippen LogP contribution in [0.1, 0.15) is 43.0 Å². The second-order valence-corrected chi connectivity index (χ2v) is 9.02. The standard InChI is InChI=1S/2C13H9.2C2H4O2.C2H4.Ti/c2*1-3-7-12-10(5-1)9-11-6-2-4-8-13(11)12;2*1-2(3)4;1-2;/h2*1-5,7-8H,9H2;2*1H3,(H,3,4);1H,2H3;/q2*-1;;;;+2. The van der Waals surface area contributed by atoms with Crippen LogP contribution in [0.3, 0.4) is 0 Å². The number of fused-ring (bicyclic) bond motifs is 6. The molecule has 2 aliphatic rings. The first-order valence-electron chi connectivity index (χ1n) is 11.8. The van der Waals surface area contributed by atoms with Crippen LogP contribution in [-0.4, -0.2) is 26.5 Å². The number of carbonyl (C=O) groups is 2. The summed E-state index contributed by atoms with van der Waals surface area (Å²) in [6, 6.07) is 36.2. The third kappa shape index (κ3) is 9.42. The summed E-state index contributed by atoms with van der Waals surface area (Å²) in [5.74, 6) is -1.67. The summed E-state index contributed by atoms with van der Waals surface area (Å²) in [4.78, 5) is 18.0. The van der Waals surface area contributed by atoms with Crippen molar-refractivity contribution in [1.82, 2.24) is 0 Å². The molecule has 186 valence electrons. The van der Waals surface area contributed by atoms with Crippen molar-refractivity contribution in [2.24, 2.45) is 0 Å². The zero-order chi connectivity index (χ0) is 27.2. The Balaban J connectivity index is 0.000000189. The van der Waals surface area contributed by atoms with Crippen LogP contribution in [0.5, 0.6) is 0 Å². The Kier molecular flexibility index (Phi) is 12.4. The van der Waals surface area contributed by atoms with Crippen LogP contribution in [0.4, 0.5) is 0 Å². The van der Waals surface area contributed by atoms with Gasteiger partial charge in [0.05, 0.1) is 0 Å². The number of carboxylic acids is 2. The van der Waals surface area contributed by atoms with Gasteiger partial charge in [0, 0.05) is 13.8 Å². The van der Waals surface area contributed by atoms with E-state index in [1.165, 1.54) is 44.5 Å². The Labute approximate surface area is 230 Å². The van der Waals surface area contributed by atoms with Crippen LogP contribution in [0, 0.1) is 12.1 Å². The molecule has 4 aromatic rings. The van der Waals surface area contributed by atoms with E-state index in [4.69, 9.17) is 19.8 Å². The molecule has 0 spiro atoms. The van der Waals surface area contributed by atoms with Gasteiger partial charge >= 0.3 is 31.2 Å². The normalized spacial score (nSPS) is 10.4. The summed E-state index contributed by atoms with van der Waals surface area (Å²) >= 11 is 2.00. The van der Waals surface area contributed by atoms with E-state index < -0.39 is 11.9 Å². The zero-order valence-corrected chi connectivity index (χ0v) is 22.8. The summed E-state index contributed by atoms with van der Waals surface area (Å²) in [5.41, 5.74) is 11.0. The van der Waals surface area contributed by atoms with Crippen molar-refractivity contribution in [2.45, 2.75) is 33.6 Å². The summed E-state index contributed by atoms with van der Waals surface area (Å²) < 4.78 is 2.00. The van der Waals surface area contributed by atoms with Gasteiger partial charge in [0.2, 0.25) is 0 Å². The van der Waals surface area contributed by atoms with Crippen molar-refractivity contribution < 1.29 is 39.8 Å². The maximum atomic E-state index is 9.00. The Morgan fingerprint density at radius 3 is 1.32 bits per heavy atom. The molecule has 0 bridgehead atoms. The summed E-state index contributed by atoms with van der Waals surface area (Å²) in [6.07, 6.45) is 2.10. The van der Waals surface area contributed by atoms with Gasteiger partial charge in [-0.1, -0.05) is 70.8 Å². The number of aliphatic carboxylic acids is 2. The minimum atomic E-state index is -0.833. The van der Waals surface area contributed by atoms with Crippen LogP contribution in [0.15, 0.2) is 84.9 Å². The van der Waals surface area contributed by atoms with Crippen LogP contribution in [-0.2, 0) is 42.4 Å². The number of carboxylic acid groups (broad SMARTS) is 2. The number of hydrogen-bond donors (Lipinski definition) is 2. The quantitative estimate of drug-likeness (QED) is 0.172. The fourth-order valence-electron chi connectivity index (χ4n) is 4.00. The molecule has 0 unspecified atom stereocenters. The van der Waals surface area contributed by atoms with Crippen molar-refractivity contribution in [3.05, 3.63) is 119 Å². The van der Waals surface area contributed by atoms with Crippen LogP contribution in [0.25, 0.3) is 22.3 Å². The van der Waals surface area contributed by atoms with Crippen molar-refractivity contribution in [1.29, 1.82) is 0 Å². The first-order chi connectivity index (χ1) is 17.8. The fraction of sp³-hybridized carbons (Fsp3) is 0.156. The van der Waals surface area contributed by atoms with Gasteiger partial charge in [-0.15, -0.1) is 11.1 Å². The molecule has 4 aromatic carbocycles. The zero-order valence-electron chi connectivity index (χ0n) is 21.3. The van der Waals surface area contributed by atoms with Crippen LogP contribution in [0.2, 0.25) is 0 Å². The molecule has 0 amide bonds. The largest absolute Gasteiger partial charge is 0.179 e. The van der Waals surface area contributed by atoms with Gasteiger partial charge in [-0.25, -0.2) is 0 Å². The molecular formula is C32H30O4Ti. The molecule has 0 aliphatic heterocycles. The van der Waals surface area contributed by atoms with Crippen molar-refractivity contribution >= 4 is 16.3 Å². The summed E-state index contributed by atoms with van der Waals surface area (Å²) in [5, 5.41) is 14.8. The van der Waals surface area contributed by atoms with Crippen LogP contribution >= 0.6 is 0 Å². The maximum absolute atomic E-state index is 9.00. The van der Waals surface area contributed by atoms with E-state index in [1.54, 1.807) is 0 Å². The van der Waals surface area contributed by atoms with Gasteiger partial charge in [-0.2, -0.15) is 59.7 Å². The molecule has 2 N–H and O–H groups in total. The van der Waals surface area contributed by atoms with E-state index in [1.807, 2.05) is 43.3 Å². The minimum absolute atomic E-state index is 0.833. The molecule has 0 saturated heterocycles. The number of benzene rings is 4. The van der Waals surface area contributed by atoms with Gasteiger partial charge in [0.1, 0.15) is 0 Å². The van der Waals surface area contributed by atoms with Gasteiger partial charge in [0.25, 0.3) is 11.9 Å². The first kappa shape index (κ1) is 29.6. The third-order valence-corrected chi connectivity index (χ3v) is 5.23. The molecule has 0 heterocycles. The van der Waals surface area contributed by atoms with E-state index in [-0.39, 0.29) is 0 Å². The summed E-state index contributed by atoms with van der Waals surface area (Å²) in [6.45, 7) is 4.17. The number of rotatable bonds is 0. The molecule has 37 heavy (non-hydrogen) atoms. The van der Waals surface area contributed by atoms with Gasteiger partial charge in [-0.3, -0.25) is 9.59 Å². The van der Waals surface area contributed by atoms with E-state index in [0.29, 0.717) is 0 Å². The van der Waals surface area contributed by atoms with E-state index in [2.05, 4.69) is 84.9 Å². The predicted molar refractivity (Wildman–Crippen MR) is 145 cm³/mol. The number of hydrogen-bond acceptors (Lipinski definition) is 2. The van der Waals surface area contributed by atoms with Crippen molar-refractivity contribution in [3.63, 3.8) is 0 Å². The molecule has 5 heteroatoms. The van der Waals surface area contributed by atoms with Crippen molar-refractivity contribution in [2.75, 3.05) is 0 Å². The average Bonchev–Trinajstić information content (AvgIpc) is 3.43. The minimum Gasteiger partial charge on any atom is -0.179 e. The third-order valence-electron chi connectivity index (χ3n) is 5.23. The average molecular weight is 526 g/mol. The topological polar surface area (TPSA) is 74.6 Å². The Bertz CT molecular complexity index is 1150. The summed E-state index contributed by atoms with van der Waals surface area (Å²) in [7, 11) is 0. The van der Waals surface area contributed by atoms with Crippen LogP contribution < -0.4 is 0 Å². The predicted octanol–water partition coefficient (Wildman–Crippen LogP) is 6.65. The molecule has 2 aliphatic carbocycles.